The van der Waals surface area contributed by atoms with Gasteiger partial charge in [0.15, 0.2) is 17.0 Å². The number of carboxylic acid groups (broad SMARTS) is 2. The van der Waals surface area contributed by atoms with E-state index in [1.165, 1.54) is 12.3 Å². The van der Waals surface area contributed by atoms with Gasteiger partial charge in [0.1, 0.15) is 11.7 Å². The number of carbonyl (C=O) groups is 3. The Labute approximate surface area is 180 Å². The van der Waals surface area contributed by atoms with Gasteiger partial charge in [0, 0.05) is 12.6 Å². The second-order valence-electron chi connectivity index (χ2n) is 6.85. The molecule has 0 aromatic carbocycles. The molecule has 0 bridgehead atoms. The summed E-state index contributed by atoms with van der Waals surface area (Å²) in [5.74, 6) is -3.01. The zero-order chi connectivity index (χ0) is 23.3. The van der Waals surface area contributed by atoms with Gasteiger partial charge in [0.25, 0.3) is 5.91 Å². The van der Waals surface area contributed by atoms with Crippen molar-refractivity contribution in [2.45, 2.75) is 31.7 Å². The smallest absolute Gasteiger partial charge is 0.326 e. The van der Waals surface area contributed by atoms with Crippen LogP contribution in [0.4, 0.5) is 11.8 Å². The molecule has 3 aromatic rings. The van der Waals surface area contributed by atoms with Crippen LogP contribution in [0.3, 0.4) is 0 Å². The van der Waals surface area contributed by atoms with E-state index >= 15 is 0 Å². The fourth-order valence-electron chi connectivity index (χ4n) is 2.84. The van der Waals surface area contributed by atoms with E-state index in [-0.39, 0.29) is 30.3 Å². The van der Waals surface area contributed by atoms with Gasteiger partial charge in [-0.05, 0) is 30.9 Å². The fraction of sp³-hybridized carbons (Fsp3) is 0.263. The van der Waals surface area contributed by atoms with Crippen LogP contribution in [0.2, 0.25) is 0 Å². The number of fused-ring (bicyclic) bond motifs is 1. The third-order valence-corrected chi connectivity index (χ3v) is 4.48. The van der Waals surface area contributed by atoms with Gasteiger partial charge >= 0.3 is 11.9 Å². The number of nitrogens with zero attached hydrogens (tertiary/aromatic N) is 5. The molecule has 13 heteroatoms. The van der Waals surface area contributed by atoms with Crippen molar-refractivity contribution in [3.05, 3.63) is 41.5 Å². The SMILES string of the molecule is Nc1nc(N)c2nc(CCc3ccc(C(=O)NC(CCC(=O)O)C(=O)O)nc3)cnc2n1. The number of aryl methyl sites for hydroxylation is 2. The molecule has 3 rings (SSSR count). The van der Waals surface area contributed by atoms with Crippen LogP contribution in [0.25, 0.3) is 11.2 Å². The maximum atomic E-state index is 12.2. The van der Waals surface area contributed by atoms with E-state index in [1.54, 1.807) is 12.3 Å². The molecule has 13 nitrogen and oxygen atoms in total. The highest BCUT2D eigenvalue weighted by atomic mass is 16.4. The minimum atomic E-state index is -1.32. The zero-order valence-electron chi connectivity index (χ0n) is 16.7. The molecule has 3 aromatic heterocycles. The normalized spacial score (nSPS) is 11.8. The molecule has 0 aliphatic heterocycles. The molecule has 7 N–H and O–H groups in total. The Morgan fingerprint density at radius 3 is 2.44 bits per heavy atom. The lowest BCUT2D eigenvalue weighted by atomic mass is 10.1. The van der Waals surface area contributed by atoms with Crippen molar-refractivity contribution in [2.75, 3.05) is 11.5 Å². The Morgan fingerprint density at radius 1 is 1.00 bits per heavy atom. The predicted octanol–water partition coefficient (Wildman–Crippen LogP) is -0.188. The van der Waals surface area contributed by atoms with Crippen LogP contribution in [0, 0.1) is 0 Å². The number of nitrogens with two attached hydrogens (primary N) is 2. The first-order valence-electron chi connectivity index (χ1n) is 9.48. The van der Waals surface area contributed by atoms with Gasteiger partial charge in [0.05, 0.1) is 11.9 Å². The second kappa shape index (κ2) is 9.59. The van der Waals surface area contributed by atoms with Crippen molar-refractivity contribution < 1.29 is 24.6 Å². The number of nitrogen functional groups attached to an aromatic ring is 2. The molecule has 0 aliphatic carbocycles. The first-order valence-corrected chi connectivity index (χ1v) is 9.48. The quantitative estimate of drug-likeness (QED) is 0.292. The number of hydrogen-bond acceptors (Lipinski definition) is 10. The number of aromatic nitrogens is 5. The second-order valence-corrected chi connectivity index (χ2v) is 6.85. The van der Waals surface area contributed by atoms with Crippen LogP contribution in [-0.2, 0) is 22.4 Å². The van der Waals surface area contributed by atoms with E-state index < -0.39 is 23.9 Å². The highest BCUT2D eigenvalue weighted by Gasteiger charge is 2.22. The molecular weight excluding hydrogens is 420 g/mol. The third-order valence-electron chi connectivity index (χ3n) is 4.48. The maximum absolute atomic E-state index is 12.2. The van der Waals surface area contributed by atoms with Gasteiger partial charge in [-0.2, -0.15) is 9.97 Å². The number of carboxylic acids is 2. The van der Waals surface area contributed by atoms with Gasteiger partial charge < -0.3 is 27.0 Å². The summed E-state index contributed by atoms with van der Waals surface area (Å²) in [6, 6.07) is 1.82. The molecule has 1 atom stereocenters. The van der Waals surface area contributed by atoms with Crippen molar-refractivity contribution in [2.24, 2.45) is 0 Å². The topological polar surface area (TPSA) is 220 Å². The van der Waals surface area contributed by atoms with Crippen molar-refractivity contribution in [1.82, 2.24) is 30.2 Å². The molecule has 0 saturated carbocycles. The van der Waals surface area contributed by atoms with Crippen LogP contribution in [0.1, 0.15) is 34.6 Å². The van der Waals surface area contributed by atoms with Gasteiger partial charge in [0.2, 0.25) is 5.95 Å². The predicted molar refractivity (Wildman–Crippen MR) is 111 cm³/mol. The van der Waals surface area contributed by atoms with E-state index in [2.05, 4.69) is 30.2 Å². The number of pyridine rings is 1. The summed E-state index contributed by atoms with van der Waals surface area (Å²) in [6.07, 6.45) is 3.49. The van der Waals surface area contributed by atoms with E-state index in [1.807, 2.05) is 0 Å². The lowest BCUT2D eigenvalue weighted by molar-refractivity contribution is -0.140. The summed E-state index contributed by atoms with van der Waals surface area (Å²) in [5.41, 5.74) is 13.5. The van der Waals surface area contributed by atoms with Crippen LogP contribution < -0.4 is 16.8 Å². The van der Waals surface area contributed by atoms with Crippen molar-refractivity contribution in [3.63, 3.8) is 0 Å². The first kappa shape index (κ1) is 22.3. The lowest BCUT2D eigenvalue weighted by Gasteiger charge is -2.13. The third kappa shape index (κ3) is 5.59. The van der Waals surface area contributed by atoms with Crippen LogP contribution >= 0.6 is 0 Å². The Bertz CT molecular complexity index is 1170. The number of aliphatic carboxylic acids is 2. The number of nitrogens with one attached hydrogen (secondary N) is 1. The van der Waals surface area contributed by atoms with Gasteiger partial charge in [-0.1, -0.05) is 6.07 Å². The minimum absolute atomic E-state index is 0.0170. The standard InChI is InChI=1S/C19H20N8O5/c20-15-14-16(27-19(21)26-15)23-8-10(24-14)3-1-9-2-4-11(22-7-9)17(30)25-12(18(31)32)5-6-13(28)29/h2,4,7-8,12H,1,3,5-6H2,(H,25,30)(H,28,29)(H,31,32)(H4,20,21,23,26,27). The number of carbonyl (C=O) groups excluding carboxylic acids is 1. The Kier molecular flexibility index (Phi) is 6.68. The van der Waals surface area contributed by atoms with Crippen molar-refractivity contribution in [3.8, 4) is 0 Å². The minimum Gasteiger partial charge on any atom is -0.481 e. The van der Waals surface area contributed by atoms with Gasteiger partial charge in [-0.15, -0.1) is 0 Å². The monoisotopic (exact) mass is 440 g/mol. The van der Waals surface area contributed by atoms with E-state index in [0.29, 0.717) is 29.7 Å². The highest BCUT2D eigenvalue weighted by molar-refractivity contribution is 5.95. The van der Waals surface area contributed by atoms with E-state index in [0.717, 1.165) is 5.56 Å². The van der Waals surface area contributed by atoms with E-state index in [4.69, 9.17) is 21.7 Å². The molecule has 0 fully saturated rings. The molecular formula is C19H20N8O5. The maximum Gasteiger partial charge on any atom is 0.326 e. The summed E-state index contributed by atoms with van der Waals surface area (Å²) in [7, 11) is 0. The molecule has 1 unspecified atom stereocenters. The van der Waals surface area contributed by atoms with Crippen LogP contribution in [-0.4, -0.2) is 59.0 Å². The lowest BCUT2D eigenvalue weighted by Crippen LogP contribution is -2.41. The van der Waals surface area contributed by atoms with E-state index in [9.17, 15) is 14.4 Å². The first-order chi connectivity index (χ1) is 15.2. The largest absolute Gasteiger partial charge is 0.481 e. The van der Waals surface area contributed by atoms with Gasteiger partial charge in [-0.25, -0.2) is 14.8 Å². The number of rotatable bonds is 9. The Balaban J connectivity index is 1.62. The summed E-state index contributed by atoms with van der Waals surface area (Å²) >= 11 is 0. The van der Waals surface area contributed by atoms with Crippen LogP contribution in [0.15, 0.2) is 24.5 Å². The Morgan fingerprint density at radius 2 is 1.78 bits per heavy atom. The Hall–Kier alpha value is -4.42. The zero-order valence-corrected chi connectivity index (χ0v) is 16.7. The molecule has 0 aliphatic rings. The molecule has 0 radical (unpaired) electrons. The summed E-state index contributed by atoms with van der Waals surface area (Å²) < 4.78 is 0. The number of anilines is 2. The molecule has 166 valence electrons. The number of amides is 1. The average molecular weight is 440 g/mol. The van der Waals surface area contributed by atoms with Crippen LogP contribution in [0.5, 0.6) is 0 Å². The average Bonchev–Trinajstić information content (AvgIpc) is 2.75. The fourth-order valence-corrected chi connectivity index (χ4v) is 2.84. The molecule has 3 heterocycles. The highest BCUT2D eigenvalue weighted by Crippen LogP contribution is 2.15. The summed E-state index contributed by atoms with van der Waals surface area (Å²) in [6.45, 7) is 0. The summed E-state index contributed by atoms with van der Waals surface area (Å²) in [5, 5.41) is 20.1. The summed E-state index contributed by atoms with van der Waals surface area (Å²) in [4.78, 5) is 54.6. The molecule has 0 saturated heterocycles. The van der Waals surface area contributed by atoms with Crippen molar-refractivity contribution >= 4 is 40.8 Å². The molecule has 0 spiro atoms. The number of hydrogen-bond donors (Lipinski definition) is 5. The molecule has 32 heavy (non-hydrogen) atoms. The molecule has 1 amide bonds. The van der Waals surface area contributed by atoms with Gasteiger partial charge in [-0.3, -0.25) is 14.6 Å². The van der Waals surface area contributed by atoms with Crippen molar-refractivity contribution in [1.29, 1.82) is 0 Å².